The van der Waals surface area contributed by atoms with Crippen molar-refractivity contribution in [1.82, 2.24) is 0 Å². The summed E-state index contributed by atoms with van der Waals surface area (Å²) in [5.41, 5.74) is 0.630. The number of rotatable bonds is 0. The molecule has 0 aliphatic carbocycles. The maximum absolute atomic E-state index is 9.51. The summed E-state index contributed by atoms with van der Waals surface area (Å²) < 4.78 is 6.10. The lowest BCUT2D eigenvalue weighted by molar-refractivity contribution is 0.343. The summed E-state index contributed by atoms with van der Waals surface area (Å²) in [7, 11) is 0. The van der Waals surface area contributed by atoms with Crippen LogP contribution in [0.2, 0.25) is 5.02 Å². The van der Waals surface area contributed by atoms with E-state index in [1.54, 1.807) is 18.2 Å². The SMILES string of the molecule is OC1=CCOc2c(Br)cc(Cl)cc21. The van der Waals surface area contributed by atoms with Crippen LogP contribution < -0.4 is 4.74 Å². The van der Waals surface area contributed by atoms with Gasteiger partial charge in [-0.05, 0) is 34.1 Å². The Kier molecular flexibility index (Phi) is 2.22. The van der Waals surface area contributed by atoms with Gasteiger partial charge in [-0.1, -0.05) is 11.6 Å². The summed E-state index contributed by atoms with van der Waals surface area (Å²) in [6, 6.07) is 3.41. The zero-order valence-corrected chi connectivity index (χ0v) is 8.89. The Morgan fingerprint density at radius 1 is 1.46 bits per heavy atom. The molecule has 0 saturated carbocycles. The first-order valence-electron chi connectivity index (χ1n) is 3.70. The molecular formula is C9H6BrClO2. The highest BCUT2D eigenvalue weighted by Gasteiger charge is 2.16. The fourth-order valence-corrected chi connectivity index (χ4v) is 2.14. The van der Waals surface area contributed by atoms with E-state index in [1.165, 1.54) is 0 Å². The summed E-state index contributed by atoms with van der Waals surface area (Å²) in [5.74, 6) is 0.855. The lowest BCUT2D eigenvalue weighted by Crippen LogP contribution is -2.04. The van der Waals surface area contributed by atoms with Gasteiger partial charge in [-0.2, -0.15) is 0 Å². The first kappa shape index (κ1) is 8.91. The Morgan fingerprint density at radius 2 is 2.23 bits per heavy atom. The van der Waals surface area contributed by atoms with Gasteiger partial charge < -0.3 is 9.84 Å². The van der Waals surface area contributed by atoms with Gasteiger partial charge in [0, 0.05) is 5.02 Å². The zero-order chi connectivity index (χ0) is 9.42. The van der Waals surface area contributed by atoms with Crippen LogP contribution in [-0.2, 0) is 0 Å². The molecule has 0 unspecified atom stereocenters. The summed E-state index contributed by atoms with van der Waals surface area (Å²) in [6.07, 6.45) is 1.60. The molecule has 13 heavy (non-hydrogen) atoms. The van der Waals surface area contributed by atoms with Crippen molar-refractivity contribution in [3.05, 3.63) is 33.3 Å². The van der Waals surface area contributed by atoms with Crippen LogP contribution in [0.5, 0.6) is 5.75 Å². The molecule has 1 aromatic rings. The van der Waals surface area contributed by atoms with Crippen LogP contribution in [0, 0.1) is 0 Å². The number of ether oxygens (including phenoxy) is 1. The zero-order valence-electron chi connectivity index (χ0n) is 6.55. The molecule has 2 rings (SSSR count). The normalized spacial score (nSPS) is 14.5. The highest BCUT2D eigenvalue weighted by atomic mass is 79.9. The van der Waals surface area contributed by atoms with Crippen LogP contribution in [0.3, 0.4) is 0 Å². The van der Waals surface area contributed by atoms with Crippen molar-refractivity contribution >= 4 is 33.3 Å². The second-order valence-electron chi connectivity index (χ2n) is 2.66. The Hall–Kier alpha value is -0.670. The summed E-state index contributed by atoms with van der Waals surface area (Å²) >= 11 is 9.14. The van der Waals surface area contributed by atoms with Crippen molar-refractivity contribution in [2.75, 3.05) is 6.61 Å². The lowest BCUT2D eigenvalue weighted by Gasteiger charge is -2.16. The maximum Gasteiger partial charge on any atom is 0.144 e. The molecule has 1 N–H and O–H groups in total. The summed E-state index contributed by atoms with van der Waals surface area (Å²) in [5, 5.41) is 10.1. The summed E-state index contributed by atoms with van der Waals surface area (Å²) in [4.78, 5) is 0. The van der Waals surface area contributed by atoms with Crippen molar-refractivity contribution in [2.24, 2.45) is 0 Å². The number of fused-ring (bicyclic) bond motifs is 1. The molecule has 0 saturated heterocycles. The predicted octanol–water partition coefficient (Wildman–Crippen LogP) is 3.39. The average Bonchev–Trinajstić information content (AvgIpc) is 2.07. The molecular weight excluding hydrogens is 255 g/mol. The van der Waals surface area contributed by atoms with E-state index in [0.717, 1.165) is 4.47 Å². The molecule has 1 heterocycles. The van der Waals surface area contributed by atoms with Crippen molar-refractivity contribution in [3.8, 4) is 5.75 Å². The Labute approximate surface area is 88.9 Å². The van der Waals surface area contributed by atoms with Gasteiger partial charge in [0.05, 0.1) is 10.0 Å². The van der Waals surface area contributed by atoms with Gasteiger partial charge in [-0.3, -0.25) is 0 Å². The highest BCUT2D eigenvalue weighted by molar-refractivity contribution is 9.10. The molecule has 1 aliphatic heterocycles. The summed E-state index contributed by atoms with van der Waals surface area (Å²) in [6.45, 7) is 0.388. The van der Waals surface area contributed by atoms with Gasteiger partial charge in [0.1, 0.15) is 18.1 Å². The van der Waals surface area contributed by atoms with Gasteiger partial charge in [0.2, 0.25) is 0 Å². The van der Waals surface area contributed by atoms with Crippen LogP contribution in [0.15, 0.2) is 22.7 Å². The van der Waals surface area contributed by atoms with E-state index in [9.17, 15) is 5.11 Å². The molecule has 4 heteroatoms. The van der Waals surface area contributed by atoms with Gasteiger partial charge in [-0.15, -0.1) is 0 Å². The number of hydrogen-bond acceptors (Lipinski definition) is 2. The molecule has 0 atom stereocenters. The molecule has 2 nitrogen and oxygen atoms in total. The minimum absolute atomic E-state index is 0.212. The second-order valence-corrected chi connectivity index (χ2v) is 3.96. The standard InChI is InChI=1S/C9H6BrClO2/c10-7-4-5(11)3-6-8(12)1-2-13-9(6)7/h1,3-4,12H,2H2. The molecule has 68 valence electrons. The van der Waals surface area contributed by atoms with E-state index in [0.29, 0.717) is 22.9 Å². The third-order valence-electron chi connectivity index (χ3n) is 1.79. The monoisotopic (exact) mass is 260 g/mol. The quantitative estimate of drug-likeness (QED) is 0.776. The fraction of sp³-hybridized carbons (Fsp3) is 0.111. The van der Waals surface area contributed by atoms with E-state index in [-0.39, 0.29) is 5.76 Å². The molecule has 1 aromatic carbocycles. The van der Waals surface area contributed by atoms with Gasteiger partial charge in [0.25, 0.3) is 0 Å². The van der Waals surface area contributed by atoms with Crippen LogP contribution in [0.4, 0.5) is 0 Å². The first-order chi connectivity index (χ1) is 6.18. The number of halogens is 2. The molecule has 0 fully saturated rings. The van der Waals surface area contributed by atoms with Gasteiger partial charge in [0.15, 0.2) is 0 Å². The van der Waals surface area contributed by atoms with E-state index in [4.69, 9.17) is 16.3 Å². The molecule has 1 aliphatic rings. The Morgan fingerprint density at radius 3 is 3.00 bits per heavy atom. The molecule has 0 bridgehead atoms. The minimum Gasteiger partial charge on any atom is -0.507 e. The minimum atomic E-state index is 0.212. The number of hydrogen-bond donors (Lipinski definition) is 1. The molecule has 0 aromatic heterocycles. The van der Waals surface area contributed by atoms with Crippen LogP contribution >= 0.6 is 27.5 Å². The Bertz CT molecular complexity index is 387. The van der Waals surface area contributed by atoms with Crippen molar-refractivity contribution in [3.63, 3.8) is 0 Å². The van der Waals surface area contributed by atoms with Crippen molar-refractivity contribution in [2.45, 2.75) is 0 Å². The number of benzene rings is 1. The Balaban J connectivity index is 2.66. The highest BCUT2D eigenvalue weighted by Crippen LogP contribution is 2.37. The molecule has 0 radical (unpaired) electrons. The number of aliphatic hydroxyl groups is 1. The lowest BCUT2D eigenvalue weighted by atomic mass is 10.1. The van der Waals surface area contributed by atoms with Crippen molar-refractivity contribution in [1.29, 1.82) is 0 Å². The van der Waals surface area contributed by atoms with Gasteiger partial charge >= 0.3 is 0 Å². The third-order valence-corrected chi connectivity index (χ3v) is 2.60. The smallest absolute Gasteiger partial charge is 0.144 e. The van der Waals surface area contributed by atoms with E-state index >= 15 is 0 Å². The first-order valence-corrected chi connectivity index (χ1v) is 4.87. The molecule has 0 spiro atoms. The largest absolute Gasteiger partial charge is 0.507 e. The van der Waals surface area contributed by atoms with E-state index in [2.05, 4.69) is 15.9 Å². The average molecular weight is 262 g/mol. The topological polar surface area (TPSA) is 29.5 Å². The van der Waals surface area contributed by atoms with Crippen LogP contribution in [0.1, 0.15) is 5.56 Å². The predicted molar refractivity (Wildman–Crippen MR) is 55.3 cm³/mol. The van der Waals surface area contributed by atoms with Crippen LogP contribution in [0.25, 0.3) is 5.76 Å². The maximum atomic E-state index is 9.51. The van der Waals surface area contributed by atoms with Gasteiger partial charge in [-0.25, -0.2) is 0 Å². The van der Waals surface area contributed by atoms with Crippen molar-refractivity contribution < 1.29 is 9.84 Å². The van der Waals surface area contributed by atoms with Crippen LogP contribution in [-0.4, -0.2) is 11.7 Å². The van der Waals surface area contributed by atoms with E-state index < -0.39 is 0 Å². The third kappa shape index (κ3) is 1.54. The molecule has 0 amide bonds. The fourth-order valence-electron chi connectivity index (χ4n) is 1.21. The number of aliphatic hydroxyl groups excluding tert-OH is 1. The van der Waals surface area contributed by atoms with E-state index in [1.807, 2.05) is 0 Å². The second kappa shape index (κ2) is 3.24.